The van der Waals surface area contributed by atoms with Crippen LogP contribution in [0.1, 0.15) is 76.5 Å². The molecule has 0 amide bonds. The molecule has 6 rings (SSSR count). The van der Waals surface area contributed by atoms with Gasteiger partial charge >= 0.3 is 0 Å². The largest absolute Gasteiger partial charge is 0.106 e. The lowest BCUT2D eigenvalue weighted by atomic mass is 9.83. The van der Waals surface area contributed by atoms with Gasteiger partial charge in [-0.25, -0.2) is 0 Å². The summed E-state index contributed by atoms with van der Waals surface area (Å²) in [6, 6.07) is 16.1. The van der Waals surface area contributed by atoms with Crippen molar-refractivity contribution in [1.82, 2.24) is 0 Å². The fraction of sp³-hybridized carbons (Fsp3) is 0.155. The Balaban J connectivity index is 0.000000677. The van der Waals surface area contributed by atoms with Gasteiger partial charge in [0.2, 0.25) is 0 Å². The monoisotopic (exact) mass is 929 g/mol. The van der Waals surface area contributed by atoms with E-state index in [0.29, 0.717) is 0 Å². The molecule has 0 saturated heterocycles. The van der Waals surface area contributed by atoms with Gasteiger partial charge in [0.05, 0.1) is 0 Å². The van der Waals surface area contributed by atoms with Gasteiger partial charge in [0, 0.05) is 5.92 Å². The first kappa shape index (κ1) is 55.8. The Labute approximate surface area is 429 Å². The molecule has 1 atom stereocenters. The summed E-state index contributed by atoms with van der Waals surface area (Å²) < 4.78 is 0. The second-order valence-electron chi connectivity index (χ2n) is 17.1. The lowest BCUT2D eigenvalue weighted by Gasteiger charge is -2.20. The van der Waals surface area contributed by atoms with E-state index in [1.807, 2.05) is 36.5 Å². The van der Waals surface area contributed by atoms with Crippen LogP contribution < -0.4 is 10.4 Å². The van der Waals surface area contributed by atoms with Gasteiger partial charge in [-0.15, -0.1) is 13.2 Å². The van der Waals surface area contributed by atoms with Crippen LogP contribution in [0.15, 0.2) is 315 Å². The van der Waals surface area contributed by atoms with Gasteiger partial charge in [-0.3, -0.25) is 0 Å². The van der Waals surface area contributed by atoms with Crippen LogP contribution in [0.5, 0.6) is 0 Å². The molecule has 360 valence electrons. The van der Waals surface area contributed by atoms with Crippen molar-refractivity contribution < 1.29 is 0 Å². The first-order valence-corrected chi connectivity index (χ1v) is 25.1. The van der Waals surface area contributed by atoms with Crippen molar-refractivity contribution >= 4 is 16.7 Å². The van der Waals surface area contributed by atoms with Crippen molar-refractivity contribution in [2.24, 2.45) is 5.92 Å². The van der Waals surface area contributed by atoms with Crippen LogP contribution in [0.2, 0.25) is 0 Å². The summed E-state index contributed by atoms with van der Waals surface area (Å²) in [5.74, 6) is 0.208. The standard InChI is InChI=1S/C57H58.C12H14.C2H4/c1-5-7-9-10-11-12-19-26-35-50(34-22-8-6-2)57(51-36-27-21-28-37-51)55-42-41-49(43-48-32-24-17-13-14-18-25-33-48)44-56(55)47(4)52-38-30-39-53(45-52)54-40-29-20-15-16-23-31-46(54)3;1-11-7-5-3-4-6-8-12(2)10-9-11;1-2/h6-9,11-13,15-36,38-42,44-45,51H,3,5,10,14,37,43H2,1-2,4H3;3-5,7-10H,1,6H2,2H3;1-2H2/b8-6+,9-7-,12-11-,16-15-,17-13?,25-18-,26-19-,29-20-,31-23-,32-24-,34-22+,48-33-,50-35+,54-40+,56-47+,57-55-;4-3-,7-5-,10-9-,12-8-;. The van der Waals surface area contributed by atoms with E-state index in [9.17, 15) is 0 Å². The van der Waals surface area contributed by atoms with E-state index in [0.717, 1.165) is 60.8 Å². The van der Waals surface area contributed by atoms with Crippen LogP contribution in [0.4, 0.5) is 0 Å². The van der Waals surface area contributed by atoms with E-state index < -0.39 is 0 Å². The Kier molecular flexibility index (Phi) is 26.4. The van der Waals surface area contributed by atoms with Crippen molar-refractivity contribution in [1.29, 1.82) is 0 Å². The SMILES string of the molecule is C=C.C=C1/C=C\C=C/C/C=C(C)\C=C/1.C=C1\C=C/C=C\C=C/C=C\1c1cccc(/C(C)=c2\cc(CC3=C\C=C/CC=C/C=C\3)cc\c2=C(C(/C=C/C=C/C)=C/C=C\C=C/C/C=C\CC)\C2C=CC=CC2)c1. The van der Waals surface area contributed by atoms with Crippen molar-refractivity contribution in [2.45, 2.75) is 66.2 Å². The van der Waals surface area contributed by atoms with E-state index in [-0.39, 0.29) is 5.92 Å². The predicted molar refractivity (Wildman–Crippen MR) is 319 cm³/mol. The number of benzene rings is 2. The maximum atomic E-state index is 4.43. The molecule has 0 saturated carbocycles. The Hall–Kier alpha value is -7.80. The third-order valence-corrected chi connectivity index (χ3v) is 11.7. The molecule has 4 aliphatic carbocycles. The van der Waals surface area contributed by atoms with Gasteiger partial charge in [0.15, 0.2) is 0 Å². The maximum Gasteiger partial charge on any atom is 0.00677 e. The summed E-state index contributed by atoms with van der Waals surface area (Å²) in [5.41, 5.74) is 13.1. The normalized spacial score (nSPS) is 23.9. The molecule has 0 fully saturated rings. The van der Waals surface area contributed by atoms with Crippen LogP contribution in [-0.2, 0) is 6.42 Å². The number of rotatable bonds is 13. The summed E-state index contributed by atoms with van der Waals surface area (Å²) in [4.78, 5) is 0. The fourth-order valence-corrected chi connectivity index (χ4v) is 7.95. The molecule has 0 N–H and O–H groups in total. The zero-order valence-corrected chi connectivity index (χ0v) is 43.0. The highest BCUT2D eigenvalue weighted by atomic mass is 14.2. The lowest BCUT2D eigenvalue weighted by molar-refractivity contribution is 0.837. The molecular formula is C71H76. The molecule has 0 radical (unpaired) electrons. The first-order valence-electron chi connectivity index (χ1n) is 25.1. The van der Waals surface area contributed by atoms with Crippen LogP contribution >= 0.6 is 0 Å². The van der Waals surface area contributed by atoms with Crippen molar-refractivity contribution in [3.05, 3.63) is 343 Å². The Morgan fingerprint density at radius 2 is 1.44 bits per heavy atom. The second kappa shape index (κ2) is 33.7. The minimum atomic E-state index is 0.208. The van der Waals surface area contributed by atoms with Gasteiger partial charge in [-0.1, -0.05) is 281 Å². The average Bonchev–Trinajstić information content (AvgIpc) is 3.60. The smallest absolute Gasteiger partial charge is 0.00677 e. The third kappa shape index (κ3) is 20.4. The van der Waals surface area contributed by atoms with Crippen molar-refractivity contribution in [3.8, 4) is 0 Å². The molecule has 0 spiro atoms. The molecule has 71 heavy (non-hydrogen) atoms. The van der Waals surface area contributed by atoms with Crippen LogP contribution in [0, 0.1) is 5.92 Å². The molecule has 0 aliphatic heterocycles. The molecule has 0 aromatic heterocycles. The van der Waals surface area contributed by atoms with Crippen LogP contribution in [-0.4, -0.2) is 0 Å². The number of hydrogen-bond acceptors (Lipinski definition) is 0. The predicted octanol–water partition coefficient (Wildman–Crippen LogP) is 18.2. The topological polar surface area (TPSA) is 0 Å². The van der Waals surface area contributed by atoms with E-state index in [4.69, 9.17) is 0 Å². The van der Waals surface area contributed by atoms with E-state index in [1.165, 1.54) is 49.4 Å². The highest BCUT2D eigenvalue weighted by molar-refractivity contribution is 5.84. The van der Waals surface area contributed by atoms with E-state index >= 15 is 0 Å². The average molecular weight is 929 g/mol. The minimum Gasteiger partial charge on any atom is -0.106 e. The zero-order valence-electron chi connectivity index (χ0n) is 43.0. The summed E-state index contributed by atoms with van der Waals surface area (Å²) in [5, 5.41) is 2.50. The lowest BCUT2D eigenvalue weighted by Crippen LogP contribution is -2.32. The molecule has 2 aromatic rings. The van der Waals surface area contributed by atoms with Gasteiger partial charge in [-0.2, -0.15) is 0 Å². The molecule has 4 aliphatic rings. The highest BCUT2D eigenvalue weighted by Crippen LogP contribution is 2.30. The van der Waals surface area contributed by atoms with Gasteiger partial charge in [-0.05, 0) is 132 Å². The van der Waals surface area contributed by atoms with E-state index in [2.05, 4.69) is 279 Å². The highest BCUT2D eigenvalue weighted by Gasteiger charge is 2.17. The second-order valence-corrected chi connectivity index (χ2v) is 17.1. The summed E-state index contributed by atoms with van der Waals surface area (Å²) >= 11 is 0. The quantitative estimate of drug-likeness (QED) is 0.139. The summed E-state index contributed by atoms with van der Waals surface area (Å²) in [6.45, 7) is 22.9. The maximum absolute atomic E-state index is 4.43. The van der Waals surface area contributed by atoms with Crippen molar-refractivity contribution in [3.63, 3.8) is 0 Å². The van der Waals surface area contributed by atoms with Crippen LogP contribution in [0.3, 0.4) is 0 Å². The fourth-order valence-electron chi connectivity index (χ4n) is 7.95. The van der Waals surface area contributed by atoms with Gasteiger partial charge in [0.1, 0.15) is 0 Å². The van der Waals surface area contributed by atoms with E-state index in [1.54, 1.807) is 0 Å². The molecule has 2 aromatic carbocycles. The molecule has 0 heteroatoms. The number of hydrogen-bond donors (Lipinski definition) is 0. The Bertz CT molecular complexity index is 2870. The molecular weight excluding hydrogens is 853 g/mol. The molecule has 0 bridgehead atoms. The summed E-state index contributed by atoms with van der Waals surface area (Å²) in [6.07, 6.45) is 83.2. The van der Waals surface area contributed by atoms with Crippen molar-refractivity contribution in [2.75, 3.05) is 0 Å². The third-order valence-electron chi connectivity index (χ3n) is 11.7. The van der Waals surface area contributed by atoms with Crippen LogP contribution in [0.25, 0.3) is 16.7 Å². The van der Waals surface area contributed by atoms with Gasteiger partial charge < -0.3 is 0 Å². The first-order chi connectivity index (χ1) is 34.9. The zero-order chi connectivity index (χ0) is 50.7. The Morgan fingerprint density at radius 1 is 0.662 bits per heavy atom. The Morgan fingerprint density at radius 3 is 2.25 bits per heavy atom. The molecule has 0 heterocycles. The minimum absolute atomic E-state index is 0.208. The summed E-state index contributed by atoms with van der Waals surface area (Å²) in [7, 11) is 0. The molecule has 1 unspecified atom stereocenters. The number of allylic oxidation sites excluding steroid dienone is 42. The van der Waals surface area contributed by atoms with Gasteiger partial charge in [0.25, 0.3) is 0 Å². The molecule has 0 nitrogen and oxygen atoms in total.